The molecule has 8 nitrogen and oxygen atoms in total. The molecule has 3 aromatic carbocycles. The van der Waals surface area contributed by atoms with E-state index in [1.807, 2.05) is 54.6 Å². The summed E-state index contributed by atoms with van der Waals surface area (Å²) in [6, 6.07) is 23.3. The van der Waals surface area contributed by atoms with Gasteiger partial charge in [-0.25, -0.2) is 0 Å². The number of amides is 1. The van der Waals surface area contributed by atoms with Crippen molar-refractivity contribution in [2.45, 2.75) is 13.0 Å². The highest BCUT2D eigenvalue weighted by Gasteiger charge is 2.19. The van der Waals surface area contributed by atoms with Crippen molar-refractivity contribution in [2.75, 3.05) is 12.4 Å². The molecule has 8 heteroatoms. The van der Waals surface area contributed by atoms with E-state index < -0.39 is 6.04 Å². The predicted octanol–water partition coefficient (Wildman–Crippen LogP) is 4.34. The van der Waals surface area contributed by atoms with Gasteiger partial charge >= 0.3 is 0 Å². The molecule has 0 aliphatic heterocycles. The number of tetrazole rings is 1. The van der Waals surface area contributed by atoms with Gasteiger partial charge in [0.05, 0.1) is 7.11 Å². The van der Waals surface area contributed by atoms with Gasteiger partial charge in [-0.1, -0.05) is 30.3 Å². The molecule has 1 atom stereocenters. The first kappa shape index (κ1) is 20.1. The van der Waals surface area contributed by atoms with Crippen molar-refractivity contribution in [1.82, 2.24) is 20.2 Å². The number of benzene rings is 3. The standard InChI is InChI=1S/C23H21N5O3/c1-16(28-26-22(25-27-28)17-7-6-10-21(15-17)30-2)23(29)24-18-11-13-20(14-12-18)31-19-8-4-3-5-9-19/h3-16H,1-2H3,(H,24,29)/t16-/m1/s1. The number of hydrogen-bond donors (Lipinski definition) is 1. The summed E-state index contributed by atoms with van der Waals surface area (Å²) in [5.41, 5.74) is 1.40. The van der Waals surface area contributed by atoms with Gasteiger partial charge in [0.1, 0.15) is 23.3 Å². The van der Waals surface area contributed by atoms with Crippen LogP contribution in [0.1, 0.15) is 13.0 Å². The number of nitrogens with one attached hydrogen (secondary N) is 1. The van der Waals surface area contributed by atoms with Gasteiger partial charge < -0.3 is 14.8 Å². The summed E-state index contributed by atoms with van der Waals surface area (Å²) in [6.07, 6.45) is 0. The fourth-order valence-corrected chi connectivity index (χ4v) is 2.85. The Balaban J connectivity index is 1.40. The summed E-state index contributed by atoms with van der Waals surface area (Å²) in [5.74, 6) is 2.28. The molecule has 0 spiro atoms. The molecule has 0 saturated heterocycles. The second-order valence-electron chi connectivity index (χ2n) is 6.77. The van der Waals surface area contributed by atoms with Crippen LogP contribution in [0.25, 0.3) is 11.4 Å². The summed E-state index contributed by atoms with van der Waals surface area (Å²) in [7, 11) is 1.59. The second-order valence-corrected chi connectivity index (χ2v) is 6.77. The summed E-state index contributed by atoms with van der Waals surface area (Å²) < 4.78 is 11.0. The van der Waals surface area contributed by atoms with Gasteiger partial charge in [0.25, 0.3) is 5.91 Å². The largest absolute Gasteiger partial charge is 0.497 e. The number of anilines is 1. The Labute approximate surface area is 179 Å². The molecule has 0 fully saturated rings. The molecule has 0 bridgehead atoms. The Morgan fingerprint density at radius 3 is 2.39 bits per heavy atom. The highest BCUT2D eigenvalue weighted by atomic mass is 16.5. The molecule has 0 aliphatic carbocycles. The molecule has 4 rings (SSSR count). The molecule has 1 N–H and O–H groups in total. The molecular weight excluding hydrogens is 394 g/mol. The van der Waals surface area contributed by atoms with E-state index in [2.05, 4.69) is 20.7 Å². The van der Waals surface area contributed by atoms with Crippen LogP contribution in [0, 0.1) is 0 Å². The van der Waals surface area contributed by atoms with Crippen LogP contribution in [0.3, 0.4) is 0 Å². The number of carbonyl (C=O) groups is 1. The molecule has 31 heavy (non-hydrogen) atoms. The fraction of sp³-hybridized carbons (Fsp3) is 0.130. The topological polar surface area (TPSA) is 91.2 Å². The van der Waals surface area contributed by atoms with Crippen LogP contribution in [0.4, 0.5) is 5.69 Å². The third kappa shape index (κ3) is 4.87. The normalized spacial score (nSPS) is 11.5. The number of para-hydroxylation sites is 1. The summed E-state index contributed by atoms with van der Waals surface area (Å²) in [5, 5.41) is 15.3. The Morgan fingerprint density at radius 2 is 1.65 bits per heavy atom. The number of nitrogens with zero attached hydrogens (tertiary/aromatic N) is 4. The third-order valence-electron chi connectivity index (χ3n) is 4.58. The minimum atomic E-state index is -0.646. The SMILES string of the molecule is COc1cccc(-c2nnn([C@H](C)C(=O)Nc3ccc(Oc4ccccc4)cc3)n2)c1. The maximum atomic E-state index is 12.6. The van der Waals surface area contributed by atoms with Crippen molar-refractivity contribution in [3.63, 3.8) is 0 Å². The van der Waals surface area contributed by atoms with E-state index in [1.165, 1.54) is 4.80 Å². The number of ether oxygens (including phenoxy) is 2. The highest BCUT2D eigenvalue weighted by Crippen LogP contribution is 2.23. The van der Waals surface area contributed by atoms with Crippen molar-refractivity contribution in [3.8, 4) is 28.6 Å². The van der Waals surface area contributed by atoms with Crippen molar-refractivity contribution in [2.24, 2.45) is 0 Å². The van der Waals surface area contributed by atoms with Gasteiger partial charge in [-0.05, 0) is 60.7 Å². The average Bonchev–Trinajstić information content (AvgIpc) is 3.31. The van der Waals surface area contributed by atoms with Crippen LogP contribution in [-0.2, 0) is 4.79 Å². The average molecular weight is 415 g/mol. The van der Waals surface area contributed by atoms with Gasteiger partial charge in [0, 0.05) is 11.3 Å². The van der Waals surface area contributed by atoms with E-state index >= 15 is 0 Å². The Hall–Kier alpha value is -4.20. The quantitative estimate of drug-likeness (QED) is 0.483. The minimum Gasteiger partial charge on any atom is -0.497 e. The zero-order valence-electron chi connectivity index (χ0n) is 17.1. The van der Waals surface area contributed by atoms with Crippen LogP contribution in [-0.4, -0.2) is 33.2 Å². The zero-order chi connectivity index (χ0) is 21.6. The van der Waals surface area contributed by atoms with Gasteiger partial charge in [-0.15, -0.1) is 10.2 Å². The molecule has 0 unspecified atom stereocenters. The first-order chi connectivity index (χ1) is 15.1. The van der Waals surface area contributed by atoms with E-state index in [1.54, 1.807) is 38.3 Å². The monoisotopic (exact) mass is 415 g/mol. The second kappa shape index (κ2) is 9.08. The number of hydrogen-bond acceptors (Lipinski definition) is 6. The van der Waals surface area contributed by atoms with E-state index in [0.717, 1.165) is 11.3 Å². The molecule has 0 saturated carbocycles. The van der Waals surface area contributed by atoms with Gasteiger partial charge in [-0.3, -0.25) is 4.79 Å². The summed E-state index contributed by atoms with van der Waals surface area (Å²) in [6.45, 7) is 1.71. The maximum Gasteiger partial charge on any atom is 0.250 e. The Morgan fingerprint density at radius 1 is 0.935 bits per heavy atom. The molecule has 4 aromatic rings. The lowest BCUT2D eigenvalue weighted by molar-refractivity contribution is -0.119. The number of carbonyl (C=O) groups excluding carboxylic acids is 1. The minimum absolute atomic E-state index is 0.258. The van der Waals surface area contributed by atoms with Crippen molar-refractivity contribution < 1.29 is 14.3 Å². The lowest BCUT2D eigenvalue weighted by Gasteiger charge is -2.11. The molecule has 1 aromatic heterocycles. The molecule has 0 radical (unpaired) electrons. The van der Waals surface area contributed by atoms with Gasteiger partial charge in [0.2, 0.25) is 5.82 Å². The van der Waals surface area contributed by atoms with Crippen LogP contribution >= 0.6 is 0 Å². The summed E-state index contributed by atoms with van der Waals surface area (Å²) in [4.78, 5) is 13.9. The maximum absolute atomic E-state index is 12.6. The first-order valence-corrected chi connectivity index (χ1v) is 9.70. The zero-order valence-corrected chi connectivity index (χ0v) is 17.1. The van der Waals surface area contributed by atoms with E-state index in [9.17, 15) is 4.79 Å². The number of methoxy groups -OCH3 is 1. The predicted molar refractivity (Wildman–Crippen MR) is 116 cm³/mol. The van der Waals surface area contributed by atoms with E-state index in [-0.39, 0.29) is 5.91 Å². The van der Waals surface area contributed by atoms with Crippen LogP contribution in [0.15, 0.2) is 78.9 Å². The molecular formula is C23H21N5O3. The van der Waals surface area contributed by atoms with Crippen molar-refractivity contribution in [3.05, 3.63) is 78.9 Å². The lowest BCUT2D eigenvalue weighted by atomic mass is 10.2. The molecule has 156 valence electrons. The van der Waals surface area contributed by atoms with Gasteiger partial charge in [0.15, 0.2) is 0 Å². The van der Waals surface area contributed by atoms with Crippen LogP contribution in [0.2, 0.25) is 0 Å². The lowest BCUT2D eigenvalue weighted by Crippen LogP contribution is -2.25. The van der Waals surface area contributed by atoms with E-state index in [4.69, 9.17) is 9.47 Å². The molecule has 0 aliphatic rings. The van der Waals surface area contributed by atoms with E-state index in [0.29, 0.717) is 23.0 Å². The highest BCUT2D eigenvalue weighted by molar-refractivity contribution is 5.93. The smallest absolute Gasteiger partial charge is 0.250 e. The summed E-state index contributed by atoms with van der Waals surface area (Å²) >= 11 is 0. The van der Waals surface area contributed by atoms with Crippen LogP contribution < -0.4 is 14.8 Å². The molecule has 1 heterocycles. The van der Waals surface area contributed by atoms with Crippen LogP contribution in [0.5, 0.6) is 17.2 Å². The third-order valence-corrected chi connectivity index (χ3v) is 4.58. The Bertz CT molecular complexity index is 1160. The molecule has 1 amide bonds. The van der Waals surface area contributed by atoms with Crippen molar-refractivity contribution >= 4 is 11.6 Å². The number of rotatable bonds is 7. The fourth-order valence-electron chi connectivity index (χ4n) is 2.85. The van der Waals surface area contributed by atoms with Gasteiger partial charge in [-0.2, -0.15) is 4.80 Å². The first-order valence-electron chi connectivity index (χ1n) is 9.70. The van der Waals surface area contributed by atoms with Crippen molar-refractivity contribution in [1.29, 1.82) is 0 Å². The Kier molecular flexibility index (Phi) is 5.89. The number of aromatic nitrogens is 4.